The second-order valence-electron chi connectivity index (χ2n) is 7.02. The minimum atomic E-state index is -2.10. The quantitative estimate of drug-likeness (QED) is 0.483. The van der Waals surface area contributed by atoms with Crippen LogP contribution < -0.4 is 0 Å². The fraction of sp³-hybridized carbons (Fsp3) is 0.600. The van der Waals surface area contributed by atoms with E-state index < -0.39 is 13.8 Å². The van der Waals surface area contributed by atoms with E-state index in [0.717, 1.165) is 23.7 Å². The fourth-order valence-corrected chi connectivity index (χ4v) is 7.89. The van der Waals surface area contributed by atoms with Crippen molar-refractivity contribution in [3.63, 3.8) is 0 Å². The van der Waals surface area contributed by atoms with Crippen molar-refractivity contribution in [3.05, 3.63) is 35.9 Å². The van der Waals surface area contributed by atoms with Crippen molar-refractivity contribution < 1.29 is 9.59 Å². The molecule has 1 heterocycles. The van der Waals surface area contributed by atoms with Crippen LogP contribution in [0.2, 0.25) is 18.1 Å². The van der Waals surface area contributed by atoms with Gasteiger partial charge in [0.25, 0.3) is 0 Å². The van der Waals surface area contributed by atoms with Crippen LogP contribution in [0.3, 0.4) is 0 Å². The van der Waals surface area contributed by atoms with Crippen molar-refractivity contribution >= 4 is 20.2 Å². The molecule has 1 aromatic carbocycles. The van der Waals surface area contributed by atoms with Crippen molar-refractivity contribution in [2.45, 2.75) is 77.7 Å². The van der Waals surface area contributed by atoms with Gasteiger partial charge < -0.3 is 4.90 Å². The van der Waals surface area contributed by atoms with E-state index in [2.05, 4.69) is 20.8 Å². The second kappa shape index (κ2) is 7.73. The summed E-state index contributed by atoms with van der Waals surface area (Å²) >= 11 is 0. The zero-order chi connectivity index (χ0) is 18.7. The van der Waals surface area contributed by atoms with Gasteiger partial charge in [-0.2, -0.15) is 0 Å². The molecule has 0 bridgehead atoms. The van der Waals surface area contributed by atoms with E-state index in [1.165, 1.54) is 0 Å². The van der Waals surface area contributed by atoms with Gasteiger partial charge in [0, 0.05) is 6.54 Å². The van der Waals surface area contributed by atoms with Crippen molar-refractivity contribution in [2.75, 3.05) is 0 Å². The first-order chi connectivity index (χ1) is 12.0. The first-order valence-electron chi connectivity index (χ1n) is 9.66. The van der Waals surface area contributed by atoms with Gasteiger partial charge in [0.15, 0.2) is 8.24 Å². The lowest BCUT2D eigenvalue weighted by atomic mass is 9.91. The molecule has 1 aliphatic rings. The zero-order valence-electron chi connectivity index (χ0n) is 16.3. The average molecular weight is 361 g/mol. The van der Waals surface area contributed by atoms with Crippen LogP contribution in [0.15, 0.2) is 30.3 Å². The molecule has 0 radical (unpaired) electrons. The number of rotatable bonds is 8. The molecule has 0 aromatic heterocycles. The molecule has 4 nitrogen and oxygen atoms in total. The average Bonchev–Trinajstić information content (AvgIpc) is 2.86. The number of carbonyl (C=O) groups excluding carboxylic acids is 2. The molecule has 5 heteroatoms. The third-order valence-corrected chi connectivity index (χ3v) is 11.6. The molecule has 1 fully saturated rings. The van der Waals surface area contributed by atoms with Gasteiger partial charge in [-0.25, -0.2) is 4.79 Å². The lowest BCUT2D eigenvalue weighted by Gasteiger charge is -2.36. The minimum absolute atomic E-state index is 0.0515. The van der Waals surface area contributed by atoms with E-state index in [1.807, 2.05) is 49.1 Å². The van der Waals surface area contributed by atoms with E-state index in [0.29, 0.717) is 19.4 Å². The van der Waals surface area contributed by atoms with Gasteiger partial charge in [-0.15, -0.1) is 0 Å². The van der Waals surface area contributed by atoms with E-state index >= 15 is 0 Å². The summed E-state index contributed by atoms with van der Waals surface area (Å²) < 4.78 is 1.74. The molecule has 138 valence electrons. The Kier molecular flexibility index (Phi) is 6.09. The van der Waals surface area contributed by atoms with E-state index in [-0.39, 0.29) is 11.9 Å². The molecular formula is C20H32N2O2Si. The lowest BCUT2D eigenvalue weighted by Crippen LogP contribution is -2.56. The first-order valence-corrected chi connectivity index (χ1v) is 12.2. The maximum Gasteiger partial charge on any atom is 0.319 e. The predicted octanol–water partition coefficient (Wildman–Crippen LogP) is 5.01. The Hall–Kier alpha value is -1.62. The first kappa shape index (κ1) is 19.7. The third-order valence-electron chi connectivity index (χ3n) is 6.34. The predicted molar refractivity (Wildman–Crippen MR) is 105 cm³/mol. The van der Waals surface area contributed by atoms with Gasteiger partial charge in [-0.05, 0) is 36.5 Å². The monoisotopic (exact) mass is 360 g/mol. The van der Waals surface area contributed by atoms with Gasteiger partial charge in [-0.1, -0.05) is 65.0 Å². The highest BCUT2D eigenvalue weighted by molar-refractivity contribution is 6.81. The van der Waals surface area contributed by atoms with Crippen LogP contribution in [-0.2, 0) is 11.3 Å². The highest BCUT2D eigenvalue weighted by Gasteiger charge is 2.59. The van der Waals surface area contributed by atoms with Gasteiger partial charge in [-0.3, -0.25) is 9.36 Å². The van der Waals surface area contributed by atoms with Crippen molar-refractivity contribution in [1.82, 2.24) is 9.47 Å². The van der Waals surface area contributed by atoms with Gasteiger partial charge in [0.1, 0.15) is 5.54 Å². The van der Waals surface area contributed by atoms with E-state index in [4.69, 9.17) is 0 Å². The number of carbonyl (C=O) groups is 2. The molecule has 0 aliphatic carbocycles. The van der Waals surface area contributed by atoms with Gasteiger partial charge in [0.05, 0.1) is 0 Å². The molecule has 3 amide bonds. The molecule has 0 spiro atoms. The van der Waals surface area contributed by atoms with E-state index in [9.17, 15) is 9.59 Å². The number of imide groups is 1. The number of amides is 3. The van der Waals surface area contributed by atoms with Crippen LogP contribution in [0.1, 0.15) is 53.0 Å². The van der Waals surface area contributed by atoms with Gasteiger partial charge >= 0.3 is 6.03 Å². The third kappa shape index (κ3) is 3.03. The molecule has 0 saturated carbocycles. The Balaban J connectivity index is 2.50. The zero-order valence-corrected chi connectivity index (χ0v) is 17.3. The molecular weight excluding hydrogens is 328 g/mol. The van der Waals surface area contributed by atoms with Crippen LogP contribution in [0.4, 0.5) is 4.79 Å². The molecule has 1 aromatic rings. The van der Waals surface area contributed by atoms with Crippen LogP contribution in [0, 0.1) is 0 Å². The number of hydrogen-bond donors (Lipinski definition) is 0. The Morgan fingerprint density at radius 2 is 1.40 bits per heavy atom. The number of hydrogen-bond acceptors (Lipinski definition) is 2. The number of nitrogens with zero attached hydrogens (tertiary/aromatic N) is 2. The molecule has 1 saturated heterocycles. The summed E-state index contributed by atoms with van der Waals surface area (Å²) in [6.45, 7) is 11.0. The number of benzene rings is 1. The molecule has 0 unspecified atom stereocenters. The molecule has 2 rings (SSSR count). The standard InChI is InChI=1S/C20H32N2O2Si/c1-6-20(7-2)18(23)22(25(8-3,9-4)10-5)19(24)21(20)16-17-14-12-11-13-15-17/h11-15H,6-10,16H2,1-5H3. The topological polar surface area (TPSA) is 40.6 Å². The lowest BCUT2D eigenvalue weighted by molar-refractivity contribution is -0.131. The molecule has 0 atom stereocenters. The van der Waals surface area contributed by atoms with Crippen LogP contribution in [0.5, 0.6) is 0 Å². The molecule has 1 aliphatic heterocycles. The van der Waals surface area contributed by atoms with Crippen LogP contribution in [-0.4, -0.2) is 35.2 Å². The molecule has 0 N–H and O–H groups in total. The largest absolute Gasteiger partial charge is 0.319 e. The van der Waals surface area contributed by atoms with Gasteiger partial charge in [0.2, 0.25) is 5.91 Å². The summed E-state index contributed by atoms with van der Waals surface area (Å²) in [6, 6.07) is 12.7. The summed E-state index contributed by atoms with van der Waals surface area (Å²) in [5.74, 6) is 0.0515. The maximum absolute atomic E-state index is 13.5. The van der Waals surface area contributed by atoms with Crippen molar-refractivity contribution in [3.8, 4) is 0 Å². The second-order valence-corrected chi connectivity index (χ2v) is 12.0. The Morgan fingerprint density at radius 1 is 0.880 bits per heavy atom. The normalized spacial score (nSPS) is 17.5. The summed E-state index contributed by atoms with van der Waals surface area (Å²) in [7, 11) is -2.10. The summed E-state index contributed by atoms with van der Waals surface area (Å²) in [5, 5.41) is 0. The highest BCUT2D eigenvalue weighted by Crippen LogP contribution is 2.40. The summed E-state index contributed by atoms with van der Waals surface area (Å²) in [5.41, 5.74) is 0.388. The Labute approximate surface area is 153 Å². The maximum atomic E-state index is 13.5. The number of urea groups is 1. The minimum Gasteiger partial charge on any atom is -0.306 e. The smallest absolute Gasteiger partial charge is 0.306 e. The van der Waals surface area contributed by atoms with Crippen LogP contribution in [0.25, 0.3) is 0 Å². The Morgan fingerprint density at radius 3 is 1.84 bits per heavy atom. The molecule has 25 heavy (non-hydrogen) atoms. The Bertz CT molecular complexity index is 601. The fourth-order valence-electron chi connectivity index (χ4n) is 4.28. The van der Waals surface area contributed by atoms with Crippen LogP contribution >= 0.6 is 0 Å². The summed E-state index contributed by atoms with van der Waals surface area (Å²) in [6.07, 6.45) is 1.33. The van der Waals surface area contributed by atoms with Crippen molar-refractivity contribution in [2.24, 2.45) is 0 Å². The SMILES string of the molecule is CCC1(CC)C(=O)N([Si](CC)(CC)CC)C(=O)N1Cc1ccccc1. The van der Waals surface area contributed by atoms with Crippen molar-refractivity contribution in [1.29, 1.82) is 0 Å². The van der Waals surface area contributed by atoms with E-state index in [1.54, 1.807) is 4.57 Å². The summed E-state index contributed by atoms with van der Waals surface area (Å²) in [4.78, 5) is 28.8. The highest BCUT2D eigenvalue weighted by atomic mass is 28.3.